The lowest BCUT2D eigenvalue weighted by Gasteiger charge is -2.39. The highest BCUT2D eigenvalue weighted by Crippen LogP contribution is 2.40. The number of para-hydroxylation sites is 2. The predicted molar refractivity (Wildman–Crippen MR) is 98.2 cm³/mol. The van der Waals surface area contributed by atoms with Crippen LogP contribution in [0.3, 0.4) is 0 Å². The Kier molecular flexibility index (Phi) is 3.22. The van der Waals surface area contributed by atoms with E-state index in [0.29, 0.717) is 6.61 Å². The van der Waals surface area contributed by atoms with Gasteiger partial charge in [0.2, 0.25) is 0 Å². The summed E-state index contributed by atoms with van der Waals surface area (Å²) in [7, 11) is 0. The highest BCUT2D eigenvalue weighted by Gasteiger charge is 2.40. The van der Waals surface area contributed by atoms with Crippen LogP contribution in [0.4, 0.5) is 0 Å². The van der Waals surface area contributed by atoms with Crippen molar-refractivity contribution in [3.63, 3.8) is 0 Å². The molecule has 0 saturated carbocycles. The fourth-order valence-electron chi connectivity index (χ4n) is 3.80. The second kappa shape index (κ2) is 5.57. The lowest BCUT2D eigenvalue weighted by molar-refractivity contribution is -0.0657. The molecule has 4 aromatic rings. The molecular weight excluding hydrogens is 308 g/mol. The van der Waals surface area contributed by atoms with E-state index in [2.05, 4.69) is 71.3 Å². The number of benzene rings is 3. The van der Waals surface area contributed by atoms with Crippen LogP contribution in [0.15, 0.2) is 84.9 Å². The zero-order valence-electron chi connectivity index (χ0n) is 13.8. The van der Waals surface area contributed by atoms with Crippen molar-refractivity contribution in [2.75, 3.05) is 0 Å². The van der Waals surface area contributed by atoms with Crippen LogP contribution in [-0.4, -0.2) is 9.55 Å². The number of aromatic nitrogens is 2. The van der Waals surface area contributed by atoms with Crippen LogP contribution in [0, 0.1) is 0 Å². The fraction of sp³-hybridized carbons (Fsp3) is 0.136. The molecule has 5 rings (SSSR count). The Labute approximate surface area is 146 Å². The van der Waals surface area contributed by atoms with Gasteiger partial charge in [0.1, 0.15) is 18.0 Å². The van der Waals surface area contributed by atoms with E-state index in [1.165, 1.54) is 11.1 Å². The minimum Gasteiger partial charge on any atom is -0.356 e. The van der Waals surface area contributed by atoms with E-state index in [9.17, 15) is 0 Å². The zero-order chi connectivity index (χ0) is 16.7. The number of imidazole rings is 1. The van der Waals surface area contributed by atoms with Gasteiger partial charge in [-0.05, 0) is 23.3 Å². The molecule has 122 valence electrons. The molecule has 2 heterocycles. The Morgan fingerprint density at radius 2 is 1.36 bits per heavy atom. The van der Waals surface area contributed by atoms with Crippen molar-refractivity contribution >= 4 is 11.0 Å². The maximum atomic E-state index is 6.51. The number of fused-ring (bicyclic) bond motifs is 3. The second-order valence-corrected chi connectivity index (χ2v) is 6.45. The van der Waals surface area contributed by atoms with Gasteiger partial charge in [-0.25, -0.2) is 4.98 Å². The van der Waals surface area contributed by atoms with E-state index >= 15 is 0 Å². The van der Waals surface area contributed by atoms with E-state index in [0.717, 1.165) is 23.4 Å². The summed E-state index contributed by atoms with van der Waals surface area (Å²) in [6, 6.07) is 29.3. The molecule has 0 radical (unpaired) electrons. The van der Waals surface area contributed by atoms with E-state index in [1.807, 2.05) is 18.2 Å². The quantitative estimate of drug-likeness (QED) is 0.542. The monoisotopic (exact) mass is 326 g/mol. The Morgan fingerprint density at radius 3 is 2.04 bits per heavy atom. The molecule has 1 aliphatic rings. The topological polar surface area (TPSA) is 27.1 Å². The molecule has 3 heteroatoms. The van der Waals surface area contributed by atoms with Crippen LogP contribution < -0.4 is 0 Å². The van der Waals surface area contributed by atoms with Crippen molar-refractivity contribution in [3.05, 3.63) is 102 Å². The van der Waals surface area contributed by atoms with Gasteiger partial charge in [0.05, 0.1) is 17.6 Å². The second-order valence-electron chi connectivity index (χ2n) is 6.45. The first-order valence-electron chi connectivity index (χ1n) is 8.56. The average Bonchev–Trinajstić information content (AvgIpc) is 3.07. The number of ether oxygens (including phenoxy) is 1. The Bertz CT molecular complexity index is 982. The zero-order valence-corrected chi connectivity index (χ0v) is 13.8. The SMILES string of the molecule is c1ccc(C2(c3ccccc3)Cn3c(nc4ccccc43)CO2)cc1. The first kappa shape index (κ1) is 14.4. The highest BCUT2D eigenvalue weighted by atomic mass is 16.5. The summed E-state index contributed by atoms with van der Waals surface area (Å²) in [4.78, 5) is 4.74. The third-order valence-corrected chi connectivity index (χ3v) is 5.04. The lowest BCUT2D eigenvalue weighted by atomic mass is 9.85. The van der Waals surface area contributed by atoms with Crippen LogP contribution in [-0.2, 0) is 23.5 Å². The van der Waals surface area contributed by atoms with Gasteiger partial charge in [-0.15, -0.1) is 0 Å². The molecule has 3 aromatic carbocycles. The van der Waals surface area contributed by atoms with Crippen LogP contribution in [0.25, 0.3) is 11.0 Å². The molecule has 1 aromatic heterocycles. The maximum absolute atomic E-state index is 6.51. The molecule has 0 saturated heterocycles. The molecule has 0 N–H and O–H groups in total. The molecule has 0 atom stereocenters. The summed E-state index contributed by atoms with van der Waals surface area (Å²) in [5.74, 6) is 0.990. The van der Waals surface area contributed by atoms with Gasteiger partial charge in [0.25, 0.3) is 0 Å². The smallest absolute Gasteiger partial charge is 0.137 e. The summed E-state index contributed by atoms with van der Waals surface area (Å²) in [5, 5.41) is 0. The van der Waals surface area contributed by atoms with Crippen molar-refractivity contribution < 1.29 is 4.74 Å². The number of hydrogen-bond donors (Lipinski definition) is 0. The molecule has 0 aliphatic carbocycles. The minimum atomic E-state index is -0.501. The molecule has 25 heavy (non-hydrogen) atoms. The summed E-state index contributed by atoms with van der Waals surface area (Å²) >= 11 is 0. The van der Waals surface area contributed by atoms with Crippen LogP contribution in [0.2, 0.25) is 0 Å². The van der Waals surface area contributed by atoms with Crippen LogP contribution >= 0.6 is 0 Å². The number of nitrogens with zero attached hydrogens (tertiary/aromatic N) is 2. The molecule has 0 amide bonds. The maximum Gasteiger partial charge on any atom is 0.137 e. The molecule has 0 unspecified atom stereocenters. The summed E-state index contributed by atoms with van der Waals surface area (Å²) in [6.07, 6.45) is 0. The van der Waals surface area contributed by atoms with E-state index in [-0.39, 0.29) is 0 Å². The average molecular weight is 326 g/mol. The van der Waals surface area contributed by atoms with Gasteiger partial charge >= 0.3 is 0 Å². The Balaban J connectivity index is 1.73. The van der Waals surface area contributed by atoms with Crippen molar-refractivity contribution in [2.45, 2.75) is 18.8 Å². The Hall–Kier alpha value is -2.91. The first-order chi connectivity index (χ1) is 12.4. The fourth-order valence-corrected chi connectivity index (χ4v) is 3.80. The normalized spacial score (nSPS) is 15.8. The van der Waals surface area contributed by atoms with Crippen LogP contribution in [0.1, 0.15) is 17.0 Å². The molecule has 1 aliphatic heterocycles. The van der Waals surface area contributed by atoms with Crippen molar-refractivity contribution in [1.82, 2.24) is 9.55 Å². The molecule has 0 bridgehead atoms. The minimum absolute atomic E-state index is 0.498. The largest absolute Gasteiger partial charge is 0.356 e. The molecule has 0 spiro atoms. The molecule has 3 nitrogen and oxygen atoms in total. The Morgan fingerprint density at radius 1 is 0.760 bits per heavy atom. The number of rotatable bonds is 2. The summed E-state index contributed by atoms with van der Waals surface area (Å²) in [6.45, 7) is 1.22. The van der Waals surface area contributed by atoms with Gasteiger partial charge in [0.15, 0.2) is 0 Å². The van der Waals surface area contributed by atoms with Gasteiger partial charge in [-0.2, -0.15) is 0 Å². The third-order valence-electron chi connectivity index (χ3n) is 5.04. The first-order valence-corrected chi connectivity index (χ1v) is 8.56. The summed E-state index contributed by atoms with van der Waals surface area (Å²) in [5.41, 5.74) is 4.03. The van der Waals surface area contributed by atoms with Gasteiger partial charge < -0.3 is 9.30 Å². The lowest BCUT2D eigenvalue weighted by Crippen LogP contribution is -2.40. The predicted octanol–water partition coefficient (Wildman–Crippen LogP) is 4.51. The van der Waals surface area contributed by atoms with E-state index < -0.39 is 5.60 Å². The van der Waals surface area contributed by atoms with E-state index in [1.54, 1.807) is 0 Å². The summed E-state index contributed by atoms with van der Waals surface area (Å²) < 4.78 is 8.81. The molecular formula is C22H18N2O. The van der Waals surface area contributed by atoms with Gasteiger partial charge in [-0.1, -0.05) is 72.8 Å². The van der Waals surface area contributed by atoms with Crippen molar-refractivity contribution in [2.24, 2.45) is 0 Å². The molecule has 0 fully saturated rings. The third kappa shape index (κ3) is 2.20. The van der Waals surface area contributed by atoms with E-state index in [4.69, 9.17) is 9.72 Å². The highest BCUT2D eigenvalue weighted by molar-refractivity contribution is 5.76. The number of hydrogen-bond acceptors (Lipinski definition) is 2. The standard InChI is InChI=1S/C22H18N2O/c1-3-9-17(10-4-1)22(18-11-5-2-6-12-18)16-24-20-14-8-7-13-19(20)23-21(24)15-25-22/h1-14H,15-16H2. The van der Waals surface area contributed by atoms with Crippen molar-refractivity contribution in [1.29, 1.82) is 0 Å². The van der Waals surface area contributed by atoms with Crippen molar-refractivity contribution in [3.8, 4) is 0 Å². The van der Waals surface area contributed by atoms with Gasteiger partial charge in [-0.3, -0.25) is 0 Å². The van der Waals surface area contributed by atoms with Gasteiger partial charge in [0, 0.05) is 0 Å². The van der Waals surface area contributed by atoms with Crippen LogP contribution in [0.5, 0.6) is 0 Å².